The maximum atomic E-state index is 13.7. The number of ether oxygens (including phenoxy) is 1. The van der Waals surface area contributed by atoms with E-state index in [9.17, 15) is 4.39 Å². The van der Waals surface area contributed by atoms with Crippen molar-refractivity contribution in [1.82, 2.24) is 10.3 Å². The Morgan fingerprint density at radius 3 is 2.78 bits per heavy atom. The van der Waals surface area contributed by atoms with Crippen molar-refractivity contribution in [3.8, 4) is 17.0 Å². The van der Waals surface area contributed by atoms with Crippen molar-refractivity contribution >= 4 is 22.2 Å². The van der Waals surface area contributed by atoms with Gasteiger partial charge >= 0.3 is 0 Å². The Morgan fingerprint density at radius 1 is 1.04 bits per heavy atom. The topological polar surface area (TPSA) is 34.1 Å². The first-order valence-electron chi connectivity index (χ1n) is 8.69. The van der Waals surface area contributed by atoms with E-state index in [1.807, 2.05) is 24.3 Å². The molecule has 0 unspecified atom stereocenters. The molecule has 2 heterocycles. The highest BCUT2D eigenvalue weighted by atomic mass is 32.1. The molecule has 4 aromatic rings. The second-order valence-electron chi connectivity index (χ2n) is 6.25. The van der Waals surface area contributed by atoms with E-state index in [1.165, 1.54) is 17.0 Å². The number of fused-ring (bicyclic) bond motifs is 1. The monoisotopic (exact) mass is 378 g/mol. The molecule has 0 saturated heterocycles. The maximum absolute atomic E-state index is 13.7. The fourth-order valence-corrected chi connectivity index (χ4v) is 3.75. The van der Waals surface area contributed by atoms with Crippen molar-refractivity contribution in [2.24, 2.45) is 0 Å². The summed E-state index contributed by atoms with van der Waals surface area (Å²) >= 11 is 1.73. The zero-order chi connectivity index (χ0) is 18.6. The van der Waals surface area contributed by atoms with Crippen LogP contribution in [0.15, 0.2) is 66.0 Å². The van der Waals surface area contributed by atoms with Gasteiger partial charge in [0, 0.05) is 35.0 Å². The molecule has 0 bridgehead atoms. The van der Waals surface area contributed by atoms with Crippen molar-refractivity contribution in [2.75, 3.05) is 7.11 Å². The van der Waals surface area contributed by atoms with E-state index in [0.29, 0.717) is 12.1 Å². The smallest absolute Gasteiger partial charge is 0.125 e. The van der Waals surface area contributed by atoms with Gasteiger partial charge in [0.25, 0.3) is 0 Å². The number of nitrogens with one attached hydrogen (secondary N) is 1. The summed E-state index contributed by atoms with van der Waals surface area (Å²) in [6, 6.07) is 18.8. The van der Waals surface area contributed by atoms with Crippen LogP contribution in [-0.4, -0.2) is 12.1 Å². The highest BCUT2D eigenvalue weighted by Crippen LogP contribution is 2.28. The number of thiophene rings is 1. The molecule has 0 aliphatic carbocycles. The molecule has 0 amide bonds. The van der Waals surface area contributed by atoms with Crippen LogP contribution in [0.1, 0.15) is 10.4 Å². The number of aromatic nitrogens is 1. The molecule has 5 heteroatoms. The van der Waals surface area contributed by atoms with Gasteiger partial charge in [0.1, 0.15) is 11.6 Å². The lowest BCUT2D eigenvalue weighted by atomic mass is 10.0. The lowest BCUT2D eigenvalue weighted by molar-refractivity contribution is 0.415. The van der Waals surface area contributed by atoms with Crippen LogP contribution in [-0.2, 0) is 13.1 Å². The van der Waals surface area contributed by atoms with Crippen LogP contribution < -0.4 is 10.1 Å². The zero-order valence-electron chi connectivity index (χ0n) is 14.9. The molecule has 0 radical (unpaired) electrons. The first-order chi connectivity index (χ1) is 13.2. The zero-order valence-corrected chi connectivity index (χ0v) is 15.7. The van der Waals surface area contributed by atoms with Crippen molar-refractivity contribution in [1.29, 1.82) is 0 Å². The number of methoxy groups -OCH3 is 1. The Bertz CT molecular complexity index is 1060. The van der Waals surface area contributed by atoms with Crippen molar-refractivity contribution in [3.63, 3.8) is 0 Å². The summed E-state index contributed by atoms with van der Waals surface area (Å²) in [6.45, 7) is 1.47. The molecule has 0 aliphatic rings. The van der Waals surface area contributed by atoms with Gasteiger partial charge in [-0.1, -0.05) is 18.2 Å². The Labute approximate surface area is 161 Å². The fraction of sp³-hybridized carbons (Fsp3) is 0.136. The second kappa shape index (κ2) is 7.86. The number of rotatable bonds is 6. The minimum atomic E-state index is -0.282. The minimum Gasteiger partial charge on any atom is -0.497 e. The SMILES string of the molecule is COc1cccc(-c2nc3cc(F)ccc3cc2CNCc2cccs2)c1. The number of benzene rings is 2. The van der Waals surface area contributed by atoms with Gasteiger partial charge in [0.15, 0.2) is 0 Å². The molecule has 0 fully saturated rings. The van der Waals surface area contributed by atoms with Gasteiger partial charge in [-0.3, -0.25) is 0 Å². The van der Waals surface area contributed by atoms with Crippen LogP contribution in [0, 0.1) is 5.82 Å². The quantitative estimate of drug-likeness (QED) is 0.488. The molecule has 3 nitrogen and oxygen atoms in total. The highest BCUT2D eigenvalue weighted by molar-refractivity contribution is 7.09. The largest absolute Gasteiger partial charge is 0.497 e. The van der Waals surface area contributed by atoms with Crippen molar-refractivity contribution in [3.05, 3.63) is 82.3 Å². The molecule has 2 aromatic carbocycles. The third kappa shape index (κ3) is 3.99. The van der Waals surface area contributed by atoms with Crippen LogP contribution in [0.5, 0.6) is 5.75 Å². The summed E-state index contributed by atoms with van der Waals surface area (Å²) in [6.07, 6.45) is 0. The lowest BCUT2D eigenvalue weighted by Gasteiger charge is -2.13. The van der Waals surface area contributed by atoms with Gasteiger partial charge in [-0.2, -0.15) is 0 Å². The van der Waals surface area contributed by atoms with E-state index in [-0.39, 0.29) is 5.82 Å². The molecule has 0 saturated carbocycles. The number of halogens is 1. The van der Waals surface area contributed by atoms with Gasteiger partial charge in [0.05, 0.1) is 18.3 Å². The van der Waals surface area contributed by atoms with Gasteiger partial charge < -0.3 is 10.1 Å². The first kappa shape index (κ1) is 17.6. The Kier molecular flexibility index (Phi) is 5.14. The first-order valence-corrected chi connectivity index (χ1v) is 9.57. The maximum Gasteiger partial charge on any atom is 0.125 e. The van der Waals surface area contributed by atoms with E-state index in [1.54, 1.807) is 24.5 Å². The Hall–Kier alpha value is -2.76. The number of hydrogen-bond donors (Lipinski definition) is 1. The average Bonchev–Trinajstić information content (AvgIpc) is 3.21. The van der Waals surface area contributed by atoms with Crippen LogP contribution >= 0.6 is 11.3 Å². The van der Waals surface area contributed by atoms with Gasteiger partial charge in [0.2, 0.25) is 0 Å². The van der Waals surface area contributed by atoms with Crippen LogP contribution in [0.25, 0.3) is 22.2 Å². The number of nitrogens with zero attached hydrogens (tertiary/aromatic N) is 1. The third-order valence-electron chi connectivity index (χ3n) is 4.40. The predicted molar refractivity (Wildman–Crippen MR) is 109 cm³/mol. The van der Waals surface area contributed by atoms with E-state index in [2.05, 4.69) is 28.9 Å². The van der Waals surface area contributed by atoms with E-state index < -0.39 is 0 Å². The second-order valence-corrected chi connectivity index (χ2v) is 7.28. The van der Waals surface area contributed by atoms with E-state index >= 15 is 0 Å². The van der Waals surface area contributed by atoms with Crippen LogP contribution in [0.2, 0.25) is 0 Å². The molecule has 0 aliphatic heterocycles. The molecule has 2 aromatic heterocycles. The molecule has 4 rings (SSSR count). The molecule has 1 N–H and O–H groups in total. The molecular weight excluding hydrogens is 359 g/mol. The van der Waals surface area contributed by atoms with E-state index in [4.69, 9.17) is 9.72 Å². The Balaban J connectivity index is 1.73. The third-order valence-corrected chi connectivity index (χ3v) is 5.27. The molecular formula is C22H19FN2OS. The summed E-state index contributed by atoms with van der Waals surface area (Å²) in [5.74, 6) is 0.487. The number of pyridine rings is 1. The summed E-state index contributed by atoms with van der Waals surface area (Å²) < 4.78 is 19.0. The summed E-state index contributed by atoms with van der Waals surface area (Å²) in [5, 5.41) is 6.49. The molecule has 0 atom stereocenters. The molecule has 0 spiro atoms. The molecule has 136 valence electrons. The molecule has 27 heavy (non-hydrogen) atoms. The fourth-order valence-electron chi connectivity index (χ4n) is 3.07. The highest BCUT2D eigenvalue weighted by Gasteiger charge is 2.11. The summed E-state index contributed by atoms with van der Waals surface area (Å²) in [4.78, 5) is 6.05. The van der Waals surface area contributed by atoms with Gasteiger partial charge in [-0.25, -0.2) is 9.37 Å². The predicted octanol–water partition coefficient (Wildman–Crippen LogP) is 5.40. The minimum absolute atomic E-state index is 0.282. The van der Waals surface area contributed by atoms with Gasteiger partial charge in [-0.05, 0) is 47.3 Å². The standard InChI is InChI=1S/C22H19FN2OS/c1-26-19-5-2-4-16(11-19)22-17(13-24-14-20-6-3-9-27-20)10-15-7-8-18(23)12-21(15)25-22/h2-12,24H,13-14H2,1H3. The summed E-state index contributed by atoms with van der Waals surface area (Å²) in [7, 11) is 1.64. The van der Waals surface area contributed by atoms with Crippen LogP contribution in [0.4, 0.5) is 4.39 Å². The number of hydrogen-bond acceptors (Lipinski definition) is 4. The van der Waals surface area contributed by atoms with E-state index in [0.717, 1.165) is 34.5 Å². The summed E-state index contributed by atoms with van der Waals surface area (Å²) in [5.41, 5.74) is 3.51. The van der Waals surface area contributed by atoms with Crippen molar-refractivity contribution in [2.45, 2.75) is 13.1 Å². The van der Waals surface area contributed by atoms with Crippen molar-refractivity contribution < 1.29 is 9.13 Å². The Morgan fingerprint density at radius 2 is 1.96 bits per heavy atom. The lowest BCUT2D eigenvalue weighted by Crippen LogP contribution is -2.13. The van der Waals surface area contributed by atoms with Crippen LogP contribution in [0.3, 0.4) is 0 Å². The normalized spacial score (nSPS) is 11.0. The van der Waals surface area contributed by atoms with Gasteiger partial charge in [-0.15, -0.1) is 11.3 Å². The average molecular weight is 378 g/mol.